The normalized spacial score (nSPS) is 10.1. The van der Waals surface area contributed by atoms with Crippen molar-refractivity contribution in [1.82, 2.24) is 14.7 Å². The summed E-state index contributed by atoms with van der Waals surface area (Å²) in [6, 6.07) is 1.94. The van der Waals surface area contributed by atoms with Gasteiger partial charge in [-0.1, -0.05) is 12.2 Å². The molecule has 1 amide bonds. The number of esters is 1. The van der Waals surface area contributed by atoms with E-state index in [2.05, 4.69) is 18.3 Å². The third-order valence-electron chi connectivity index (χ3n) is 3.04. The lowest BCUT2D eigenvalue weighted by molar-refractivity contribution is -0.151. The molecule has 0 spiro atoms. The van der Waals surface area contributed by atoms with Crippen molar-refractivity contribution >= 4 is 11.9 Å². The van der Waals surface area contributed by atoms with E-state index in [0.29, 0.717) is 19.6 Å². The van der Waals surface area contributed by atoms with Gasteiger partial charge in [-0.05, 0) is 19.9 Å². The Labute approximate surface area is 131 Å². The molecule has 1 aromatic rings. The van der Waals surface area contributed by atoms with Crippen molar-refractivity contribution in [3.05, 3.63) is 42.8 Å². The number of amides is 1. The number of ether oxygens (including phenoxy) is 1. The van der Waals surface area contributed by atoms with E-state index in [1.165, 1.54) is 4.90 Å². The fourth-order valence-corrected chi connectivity index (χ4v) is 1.99. The molecule has 0 saturated heterocycles. The average Bonchev–Trinajstić information content (AvgIpc) is 2.80. The topological polar surface area (TPSA) is 64.4 Å². The molecule has 0 saturated carbocycles. The van der Waals surface area contributed by atoms with Gasteiger partial charge in [-0.2, -0.15) is 5.10 Å². The third-order valence-corrected chi connectivity index (χ3v) is 3.04. The summed E-state index contributed by atoms with van der Waals surface area (Å²) in [5.74, 6) is -0.683. The number of rotatable bonds is 9. The van der Waals surface area contributed by atoms with Gasteiger partial charge >= 0.3 is 5.97 Å². The van der Waals surface area contributed by atoms with E-state index in [1.807, 2.05) is 19.9 Å². The maximum atomic E-state index is 11.9. The zero-order chi connectivity index (χ0) is 16.5. The molecule has 0 aliphatic carbocycles. The number of aromatic nitrogens is 2. The number of hydrogen-bond acceptors (Lipinski definition) is 4. The van der Waals surface area contributed by atoms with Gasteiger partial charge in [0.25, 0.3) is 5.91 Å². The quantitative estimate of drug-likeness (QED) is 0.514. The van der Waals surface area contributed by atoms with Crippen molar-refractivity contribution in [2.45, 2.75) is 26.8 Å². The highest BCUT2D eigenvalue weighted by molar-refractivity contribution is 5.80. The average molecular weight is 305 g/mol. The Kier molecular flexibility index (Phi) is 7.08. The van der Waals surface area contributed by atoms with Gasteiger partial charge in [0, 0.05) is 18.8 Å². The Morgan fingerprint density at radius 3 is 2.45 bits per heavy atom. The Hall–Kier alpha value is -2.37. The van der Waals surface area contributed by atoms with Crippen LogP contribution < -0.4 is 0 Å². The number of carbonyl (C=O) groups excluding carboxylic acids is 2. The van der Waals surface area contributed by atoms with Crippen LogP contribution in [-0.2, 0) is 20.9 Å². The minimum atomic E-state index is -0.418. The van der Waals surface area contributed by atoms with Crippen molar-refractivity contribution < 1.29 is 14.3 Å². The van der Waals surface area contributed by atoms with E-state index in [9.17, 15) is 9.59 Å². The second-order valence-electron chi connectivity index (χ2n) is 4.94. The Morgan fingerprint density at radius 1 is 1.32 bits per heavy atom. The van der Waals surface area contributed by atoms with Crippen molar-refractivity contribution in [3.63, 3.8) is 0 Å². The second kappa shape index (κ2) is 8.81. The van der Waals surface area contributed by atoms with E-state index in [-0.39, 0.29) is 18.9 Å². The lowest BCUT2D eigenvalue weighted by Crippen LogP contribution is -2.35. The first kappa shape index (κ1) is 17.7. The SMILES string of the molecule is C=CCN(CC=C)C(=O)COC(=O)CCn1nc(C)cc1C. The molecule has 0 bridgehead atoms. The molecule has 22 heavy (non-hydrogen) atoms. The largest absolute Gasteiger partial charge is 0.456 e. The van der Waals surface area contributed by atoms with Gasteiger partial charge in [0.1, 0.15) is 0 Å². The molecule has 6 heteroatoms. The van der Waals surface area contributed by atoms with Crippen molar-refractivity contribution in [2.24, 2.45) is 0 Å². The highest BCUT2D eigenvalue weighted by Gasteiger charge is 2.14. The van der Waals surface area contributed by atoms with Gasteiger partial charge in [0.05, 0.1) is 18.7 Å². The van der Waals surface area contributed by atoms with Gasteiger partial charge < -0.3 is 9.64 Å². The van der Waals surface area contributed by atoms with Crippen LogP contribution in [0.3, 0.4) is 0 Å². The van der Waals surface area contributed by atoms with Crippen LogP contribution in [0.4, 0.5) is 0 Å². The molecular weight excluding hydrogens is 282 g/mol. The van der Waals surface area contributed by atoms with E-state index >= 15 is 0 Å². The summed E-state index contributed by atoms with van der Waals surface area (Å²) in [7, 11) is 0. The van der Waals surface area contributed by atoms with Crippen LogP contribution in [0.2, 0.25) is 0 Å². The fourth-order valence-electron chi connectivity index (χ4n) is 1.99. The number of nitrogens with zero attached hydrogens (tertiary/aromatic N) is 3. The smallest absolute Gasteiger partial charge is 0.308 e. The first-order valence-electron chi connectivity index (χ1n) is 7.14. The van der Waals surface area contributed by atoms with Crippen LogP contribution in [0, 0.1) is 13.8 Å². The molecule has 1 heterocycles. The molecule has 0 aliphatic heterocycles. The Balaban J connectivity index is 2.38. The first-order chi connectivity index (χ1) is 10.5. The Morgan fingerprint density at radius 2 is 1.95 bits per heavy atom. The molecule has 0 atom stereocenters. The van der Waals surface area contributed by atoms with Crippen LogP contribution in [0.1, 0.15) is 17.8 Å². The standard InChI is InChI=1S/C16H23N3O3/c1-5-8-18(9-6-2)15(20)12-22-16(21)7-10-19-14(4)11-13(3)17-19/h5-6,11H,1-2,7-10,12H2,3-4H3. The summed E-state index contributed by atoms with van der Waals surface area (Å²) >= 11 is 0. The maximum absolute atomic E-state index is 11.9. The molecule has 0 N–H and O–H groups in total. The summed E-state index contributed by atoms with van der Waals surface area (Å²) < 4.78 is 6.76. The number of hydrogen-bond donors (Lipinski definition) is 0. The van der Waals surface area contributed by atoms with E-state index in [4.69, 9.17) is 4.74 Å². The summed E-state index contributed by atoms with van der Waals surface area (Å²) in [6.07, 6.45) is 3.41. The van der Waals surface area contributed by atoms with Crippen LogP contribution in [0.5, 0.6) is 0 Å². The molecule has 0 aromatic carbocycles. The highest BCUT2D eigenvalue weighted by atomic mass is 16.5. The zero-order valence-corrected chi connectivity index (χ0v) is 13.2. The first-order valence-corrected chi connectivity index (χ1v) is 7.14. The molecule has 1 rings (SSSR count). The van der Waals surface area contributed by atoms with Crippen LogP contribution in [0.15, 0.2) is 31.4 Å². The van der Waals surface area contributed by atoms with E-state index < -0.39 is 5.97 Å². The van der Waals surface area contributed by atoms with Crippen LogP contribution in [0.25, 0.3) is 0 Å². The van der Waals surface area contributed by atoms with Crippen molar-refractivity contribution in [3.8, 4) is 0 Å². The number of carbonyl (C=O) groups is 2. The Bertz CT molecular complexity index is 539. The molecule has 6 nitrogen and oxygen atoms in total. The molecule has 0 radical (unpaired) electrons. The van der Waals surface area contributed by atoms with Crippen molar-refractivity contribution in [2.75, 3.05) is 19.7 Å². The van der Waals surface area contributed by atoms with Gasteiger partial charge in [0.2, 0.25) is 0 Å². The van der Waals surface area contributed by atoms with E-state index in [1.54, 1.807) is 16.8 Å². The minimum absolute atomic E-state index is 0.179. The lowest BCUT2D eigenvalue weighted by atomic mass is 10.4. The van der Waals surface area contributed by atoms with Gasteiger partial charge in [-0.15, -0.1) is 13.2 Å². The van der Waals surface area contributed by atoms with Gasteiger partial charge in [-0.3, -0.25) is 14.3 Å². The maximum Gasteiger partial charge on any atom is 0.308 e. The third kappa shape index (κ3) is 5.55. The molecule has 0 unspecified atom stereocenters. The van der Waals surface area contributed by atoms with E-state index in [0.717, 1.165) is 11.4 Å². The molecule has 1 aromatic heterocycles. The minimum Gasteiger partial charge on any atom is -0.456 e. The molecule has 0 fully saturated rings. The van der Waals surface area contributed by atoms with Gasteiger partial charge in [0.15, 0.2) is 6.61 Å². The number of aryl methyl sites for hydroxylation is 3. The van der Waals surface area contributed by atoms with Crippen molar-refractivity contribution in [1.29, 1.82) is 0 Å². The lowest BCUT2D eigenvalue weighted by Gasteiger charge is -2.18. The fraction of sp³-hybridized carbons (Fsp3) is 0.438. The second-order valence-corrected chi connectivity index (χ2v) is 4.94. The molecule has 120 valence electrons. The molecular formula is C16H23N3O3. The highest BCUT2D eigenvalue weighted by Crippen LogP contribution is 2.03. The van der Waals surface area contributed by atoms with Gasteiger partial charge in [-0.25, -0.2) is 0 Å². The predicted molar refractivity (Wildman–Crippen MR) is 84.3 cm³/mol. The van der Waals surface area contributed by atoms with Crippen LogP contribution >= 0.6 is 0 Å². The predicted octanol–water partition coefficient (Wildman–Crippen LogP) is 1.63. The monoisotopic (exact) mass is 305 g/mol. The molecule has 0 aliphatic rings. The summed E-state index contributed by atoms with van der Waals surface area (Å²) in [6.45, 7) is 12.0. The summed E-state index contributed by atoms with van der Waals surface area (Å²) in [4.78, 5) is 25.1. The zero-order valence-electron chi connectivity index (χ0n) is 13.2. The van der Waals surface area contributed by atoms with Crippen LogP contribution in [-0.4, -0.2) is 46.3 Å². The summed E-state index contributed by atoms with van der Waals surface area (Å²) in [5, 5.41) is 4.27. The summed E-state index contributed by atoms with van der Waals surface area (Å²) in [5.41, 5.74) is 1.90.